The van der Waals surface area contributed by atoms with E-state index in [1.54, 1.807) is 23.1 Å². The molecule has 6 nitrogen and oxygen atoms in total. The van der Waals surface area contributed by atoms with Crippen molar-refractivity contribution in [2.45, 2.75) is 32.4 Å². The number of hydrogen-bond donors (Lipinski definition) is 1. The van der Waals surface area contributed by atoms with Gasteiger partial charge in [-0.15, -0.1) is 0 Å². The van der Waals surface area contributed by atoms with Crippen molar-refractivity contribution in [2.75, 3.05) is 5.32 Å². The maximum Gasteiger partial charge on any atom is 0.322 e. The molecule has 1 unspecified atom stereocenters. The standard InChI is InChI=1S/C19H21N3O3/c1-14(16-11-12-16)21(13-15-7-3-2-4-8-15)19(23)20-17-9-5-6-10-18(17)22(24)25/h2-10,14,16H,11-13H2,1H3,(H,20,23). The lowest BCUT2D eigenvalue weighted by atomic mass is 10.1. The minimum absolute atomic E-state index is 0.0861. The number of nitrogens with one attached hydrogen (secondary N) is 1. The van der Waals surface area contributed by atoms with Crippen LogP contribution in [0, 0.1) is 16.0 Å². The number of nitrogens with zero attached hydrogens (tertiary/aromatic N) is 2. The first-order valence-corrected chi connectivity index (χ1v) is 8.41. The van der Waals surface area contributed by atoms with Crippen molar-refractivity contribution in [3.05, 3.63) is 70.3 Å². The number of anilines is 1. The molecule has 1 atom stereocenters. The molecule has 2 aromatic carbocycles. The number of urea groups is 1. The smallest absolute Gasteiger partial charge is 0.317 e. The Morgan fingerprint density at radius 1 is 1.20 bits per heavy atom. The highest BCUT2D eigenvalue weighted by molar-refractivity contribution is 5.92. The number of carbonyl (C=O) groups excluding carboxylic acids is 1. The summed E-state index contributed by atoms with van der Waals surface area (Å²) < 4.78 is 0. The van der Waals surface area contributed by atoms with Gasteiger partial charge in [-0.25, -0.2) is 4.79 Å². The van der Waals surface area contributed by atoms with E-state index in [1.807, 2.05) is 37.3 Å². The minimum Gasteiger partial charge on any atom is -0.317 e. The van der Waals surface area contributed by atoms with Crippen LogP contribution in [0.5, 0.6) is 0 Å². The van der Waals surface area contributed by atoms with E-state index in [2.05, 4.69) is 5.32 Å². The molecule has 0 heterocycles. The third kappa shape index (κ3) is 4.15. The second-order valence-electron chi connectivity index (χ2n) is 6.40. The van der Waals surface area contributed by atoms with Gasteiger partial charge in [-0.3, -0.25) is 10.1 Å². The Labute approximate surface area is 146 Å². The summed E-state index contributed by atoms with van der Waals surface area (Å²) in [5, 5.41) is 13.9. The van der Waals surface area contributed by atoms with E-state index in [4.69, 9.17) is 0 Å². The number of nitro benzene ring substituents is 1. The Kier molecular flexibility index (Phi) is 4.97. The molecule has 0 aromatic heterocycles. The Bertz CT molecular complexity index is 760. The van der Waals surface area contributed by atoms with Crippen LogP contribution in [0.2, 0.25) is 0 Å². The highest BCUT2D eigenvalue weighted by atomic mass is 16.6. The molecule has 0 aliphatic heterocycles. The van der Waals surface area contributed by atoms with E-state index < -0.39 is 4.92 Å². The SMILES string of the molecule is CC(C1CC1)N(Cc1ccccc1)C(=O)Nc1ccccc1[N+](=O)[O-]. The lowest BCUT2D eigenvalue weighted by molar-refractivity contribution is -0.383. The molecule has 0 saturated heterocycles. The highest BCUT2D eigenvalue weighted by Gasteiger charge is 2.34. The van der Waals surface area contributed by atoms with Gasteiger partial charge in [0.1, 0.15) is 5.69 Å². The molecule has 25 heavy (non-hydrogen) atoms. The first kappa shape index (κ1) is 17.0. The second-order valence-corrected chi connectivity index (χ2v) is 6.40. The molecule has 0 bridgehead atoms. The number of nitro groups is 1. The number of benzene rings is 2. The molecule has 6 heteroatoms. The summed E-state index contributed by atoms with van der Waals surface area (Å²) in [6.07, 6.45) is 2.23. The van der Waals surface area contributed by atoms with E-state index in [9.17, 15) is 14.9 Å². The van der Waals surface area contributed by atoms with Crippen molar-refractivity contribution >= 4 is 17.4 Å². The summed E-state index contributed by atoms with van der Waals surface area (Å²) in [6.45, 7) is 2.52. The lowest BCUT2D eigenvalue weighted by Crippen LogP contribution is -2.42. The summed E-state index contributed by atoms with van der Waals surface area (Å²) in [7, 11) is 0. The Balaban J connectivity index is 1.80. The summed E-state index contributed by atoms with van der Waals surface area (Å²) in [5.74, 6) is 0.500. The van der Waals surface area contributed by atoms with Gasteiger partial charge in [0, 0.05) is 18.7 Å². The highest BCUT2D eigenvalue weighted by Crippen LogP contribution is 2.36. The molecule has 1 N–H and O–H groups in total. The summed E-state index contributed by atoms with van der Waals surface area (Å²) >= 11 is 0. The molecular formula is C19H21N3O3. The molecule has 0 spiro atoms. The Morgan fingerprint density at radius 2 is 1.84 bits per heavy atom. The molecule has 130 valence electrons. The van der Waals surface area contributed by atoms with Gasteiger partial charge in [-0.2, -0.15) is 0 Å². The van der Waals surface area contributed by atoms with Crippen molar-refractivity contribution in [3.63, 3.8) is 0 Å². The summed E-state index contributed by atoms with van der Waals surface area (Å²) in [4.78, 5) is 25.3. The lowest BCUT2D eigenvalue weighted by Gasteiger charge is -2.29. The molecule has 2 aromatic rings. The fourth-order valence-corrected chi connectivity index (χ4v) is 2.94. The Hall–Kier alpha value is -2.89. The van der Waals surface area contributed by atoms with Crippen molar-refractivity contribution in [3.8, 4) is 0 Å². The average molecular weight is 339 g/mol. The first-order valence-electron chi connectivity index (χ1n) is 8.41. The van der Waals surface area contributed by atoms with Gasteiger partial charge in [0.25, 0.3) is 5.69 Å². The number of amides is 2. The molecule has 1 aliphatic carbocycles. The van der Waals surface area contributed by atoms with E-state index >= 15 is 0 Å². The number of carbonyl (C=O) groups is 1. The van der Waals surface area contributed by atoms with Crippen LogP contribution in [-0.2, 0) is 6.54 Å². The minimum atomic E-state index is -0.485. The molecular weight excluding hydrogens is 318 g/mol. The number of rotatable bonds is 6. The maximum absolute atomic E-state index is 12.9. The van der Waals surface area contributed by atoms with Crippen molar-refractivity contribution in [2.24, 2.45) is 5.92 Å². The maximum atomic E-state index is 12.9. The largest absolute Gasteiger partial charge is 0.322 e. The molecule has 0 radical (unpaired) electrons. The van der Waals surface area contributed by atoms with Crippen LogP contribution in [0.25, 0.3) is 0 Å². The van der Waals surface area contributed by atoms with Crippen LogP contribution in [0.4, 0.5) is 16.2 Å². The monoisotopic (exact) mass is 339 g/mol. The van der Waals surface area contributed by atoms with Crippen LogP contribution in [-0.4, -0.2) is 21.9 Å². The van der Waals surface area contributed by atoms with Gasteiger partial charge in [-0.1, -0.05) is 42.5 Å². The normalized spacial score (nSPS) is 14.6. The predicted molar refractivity (Wildman–Crippen MR) is 96.3 cm³/mol. The zero-order valence-electron chi connectivity index (χ0n) is 14.1. The zero-order valence-corrected chi connectivity index (χ0v) is 14.1. The van der Waals surface area contributed by atoms with Crippen LogP contribution < -0.4 is 5.32 Å². The molecule has 1 fully saturated rings. The van der Waals surface area contributed by atoms with Crippen LogP contribution in [0.3, 0.4) is 0 Å². The predicted octanol–water partition coefficient (Wildman–Crippen LogP) is 4.43. The average Bonchev–Trinajstić information content (AvgIpc) is 3.45. The number of hydrogen-bond acceptors (Lipinski definition) is 3. The van der Waals surface area contributed by atoms with Gasteiger partial charge in [0.05, 0.1) is 4.92 Å². The van der Waals surface area contributed by atoms with E-state index in [-0.39, 0.29) is 23.4 Å². The second kappa shape index (κ2) is 7.34. The van der Waals surface area contributed by atoms with Crippen LogP contribution in [0.15, 0.2) is 54.6 Å². The van der Waals surface area contributed by atoms with Gasteiger partial charge >= 0.3 is 6.03 Å². The van der Waals surface area contributed by atoms with E-state index in [0.717, 1.165) is 18.4 Å². The molecule has 2 amide bonds. The summed E-state index contributed by atoms with van der Waals surface area (Å²) in [6, 6.07) is 15.8. The van der Waals surface area contributed by atoms with Crippen LogP contribution in [0.1, 0.15) is 25.3 Å². The quantitative estimate of drug-likeness (QED) is 0.625. The van der Waals surface area contributed by atoms with Gasteiger partial charge in [-0.05, 0) is 37.3 Å². The molecule has 1 saturated carbocycles. The van der Waals surface area contributed by atoms with Crippen LogP contribution >= 0.6 is 0 Å². The first-order chi connectivity index (χ1) is 12.1. The fourth-order valence-electron chi connectivity index (χ4n) is 2.94. The molecule has 3 rings (SSSR count). The van der Waals surface area contributed by atoms with E-state index in [1.165, 1.54) is 6.07 Å². The van der Waals surface area contributed by atoms with Gasteiger partial charge in [0.15, 0.2) is 0 Å². The third-order valence-corrected chi connectivity index (χ3v) is 4.59. The van der Waals surface area contributed by atoms with Gasteiger partial charge < -0.3 is 10.2 Å². The Morgan fingerprint density at radius 3 is 2.48 bits per heavy atom. The molecule has 1 aliphatic rings. The van der Waals surface area contributed by atoms with Crippen molar-refractivity contribution in [1.82, 2.24) is 4.90 Å². The van der Waals surface area contributed by atoms with Crippen molar-refractivity contribution < 1.29 is 9.72 Å². The fraction of sp³-hybridized carbons (Fsp3) is 0.316. The van der Waals surface area contributed by atoms with E-state index in [0.29, 0.717) is 12.5 Å². The summed E-state index contributed by atoms with van der Waals surface area (Å²) in [5.41, 5.74) is 1.15. The van der Waals surface area contributed by atoms with Crippen molar-refractivity contribution in [1.29, 1.82) is 0 Å². The topological polar surface area (TPSA) is 75.5 Å². The number of para-hydroxylation sites is 2. The zero-order chi connectivity index (χ0) is 17.8. The third-order valence-electron chi connectivity index (χ3n) is 4.59. The van der Waals surface area contributed by atoms with Gasteiger partial charge in [0.2, 0.25) is 0 Å².